The van der Waals surface area contributed by atoms with Gasteiger partial charge in [0.1, 0.15) is 0 Å². The Labute approximate surface area is 138 Å². The first-order valence-electron chi connectivity index (χ1n) is 8.17. The van der Waals surface area contributed by atoms with Gasteiger partial charge in [-0.3, -0.25) is 0 Å². The smallest absolute Gasteiger partial charge is 0.229 e. The minimum Gasteiger partial charge on any atom is -0.229 e. The molecule has 0 bridgehead atoms. The molecule has 0 saturated carbocycles. The average Bonchev–Trinajstić information content (AvgIpc) is 3.09. The van der Waals surface area contributed by atoms with Gasteiger partial charge in [-0.05, 0) is 55.4 Å². The van der Waals surface area contributed by atoms with Gasteiger partial charge in [0, 0.05) is 12.6 Å². The Hall–Kier alpha value is -0.920. The Bertz CT molecular complexity index is 799. The quantitative estimate of drug-likeness (QED) is 0.805. The molecule has 1 aliphatic heterocycles. The molecule has 23 heavy (non-hydrogen) atoms. The van der Waals surface area contributed by atoms with E-state index in [1.54, 1.807) is 12.1 Å². The third-order valence-electron chi connectivity index (χ3n) is 4.74. The van der Waals surface area contributed by atoms with E-state index in [0.717, 1.165) is 24.8 Å². The van der Waals surface area contributed by atoms with Crippen molar-refractivity contribution in [1.82, 2.24) is 4.31 Å². The van der Waals surface area contributed by atoms with Crippen LogP contribution in [0, 0.1) is 0 Å². The number of nitrogens with zero attached hydrogens (tertiary/aromatic N) is 1. The third-order valence-corrected chi connectivity index (χ3v) is 8.43. The predicted molar refractivity (Wildman–Crippen MR) is 89.7 cm³/mol. The molecule has 128 valence electrons. The lowest BCUT2D eigenvalue weighted by Crippen LogP contribution is -2.41. The molecule has 3 rings (SSSR count). The van der Waals surface area contributed by atoms with E-state index in [2.05, 4.69) is 0 Å². The van der Waals surface area contributed by atoms with E-state index < -0.39 is 25.9 Å². The standard InChI is InChI=1S/C16H23NO4S2/c1-2-9-17(15-8-10-22(18,19)12-15)23(20,21)16-7-6-13-4-3-5-14(13)11-16/h6-7,11,15H,2-5,8-10,12H2,1H3. The summed E-state index contributed by atoms with van der Waals surface area (Å²) >= 11 is 0. The van der Waals surface area contributed by atoms with Crippen molar-refractivity contribution in [2.24, 2.45) is 0 Å². The van der Waals surface area contributed by atoms with E-state index in [-0.39, 0.29) is 11.5 Å². The Kier molecular flexibility index (Phi) is 4.55. The lowest BCUT2D eigenvalue weighted by atomic mass is 10.1. The van der Waals surface area contributed by atoms with Crippen molar-refractivity contribution in [3.8, 4) is 0 Å². The maximum Gasteiger partial charge on any atom is 0.243 e. The van der Waals surface area contributed by atoms with Crippen LogP contribution >= 0.6 is 0 Å². The van der Waals surface area contributed by atoms with Gasteiger partial charge in [0.2, 0.25) is 10.0 Å². The molecule has 1 heterocycles. The van der Waals surface area contributed by atoms with Crippen LogP contribution in [-0.2, 0) is 32.7 Å². The van der Waals surface area contributed by atoms with E-state index in [1.807, 2.05) is 13.0 Å². The van der Waals surface area contributed by atoms with Crippen molar-refractivity contribution in [2.45, 2.75) is 50.0 Å². The Morgan fingerprint density at radius 1 is 1.22 bits per heavy atom. The molecule has 2 aliphatic rings. The van der Waals surface area contributed by atoms with E-state index in [0.29, 0.717) is 24.3 Å². The van der Waals surface area contributed by atoms with Gasteiger partial charge in [-0.15, -0.1) is 0 Å². The lowest BCUT2D eigenvalue weighted by molar-refractivity contribution is 0.340. The van der Waals surface area contributed by atoms with Crippen LogP contribution in [0.5, 0.6) is 0 Å². The summed E-state index contributed by atoms with van der Waals surface area (Å²) in [5.74, 6) is 0.0226. The Morgan fingerprint density at radius 2 is 1.96 bits per heavy atom. The van der Waals surface area contributed by atoms with Crippen molar-refractivity contribution >= 4 is 19.9 Å². The number of sulfone groups is 1. The summed E-state index contributed by atoms with van der Waals surface area (Å²) in [6.45, 7) is 2.27. The predicted octanol–water partition coefficient (Wildman–Crippen LogP) is 1.76. The van der Waals surface area contributed by atoms with Crippen molar-refractivity contribution in [1.29, 1.82) is 0 Å². The summed E-state index contributed by atoms with van der Waals surface area (Å²) < 4.78 is 51.0. The zero-order chi connectivity index (χ0) is 16.7. The van der Waals surface area contributed by atoms with Gasteiger partial charge in [-0.25, -0.2) is 16.8 Å². The van der Waals surface area contributed by atoms with Crippen LogP contribution in [0.1, 0.15) is 37.3 Å². The Balaban J connectivity index is 1.94. The molecule has 1 saturated heterocycles. The number of hydrogen-bond donors (Lipinski definition) is 0. The fraction of sp³-hybridized carbons (Fsp3) is 0.625. The molecule has 1 atom stereocenters. The zero-order valence-corrected chi connectivity index (χ0v) is 15.0. The van der Waals surface area contributed by atoms with Crippen molar-refractivity contribution in [2.75, 3.05) is 18.1 Å². The molecule has 0 spiro atoms. The number of sulfonamides is 1. The molecule has 5 nitrogen and oxygen atoms in total. The summed E-state index contributed by atoms with van der Waals surface area (Å²) in [7, 11) is -6.77. The first-order chi connectivity index (χ1) is 10.8. The molecule has 0 amide bonds. The number of hydrogen-bond acceptors (Lipinski definition) is 4. The largest absolute Gasteiger partial charge is 0.243 e. The lowest BCUT2D eigenvalue weighted by Gasteiger charge is -2.27. The second kappa shape index (κ2) is 6.18. The number of rotatable bonds is 5. The van der Waals surface area contributed by atoms with Crippen molar-refractivity contribution in [3.63, 3.8) is 0 Å². The van der Waals surface area contributed by atoms with Crippen LogP contribution in [0.2, 0.25) is 0 Å². The van der Waals surface area contributed by atoms with E-state index in [4.69, 9.17) is 0 Å². The van der Waals surface area contributed by atoms with Gasteiger partial charge in [-0.2, -0.15) is 4.31 Å². The normalized spacial score (nSPS) is 23.3. The van der Waals surface area contributed by atoms with Crippen LogP contribution in [0.15, 0.2) is 23.1 Å². The van der Waals surface area contributed by atoms with E-state index in [9.17, 15) is 16.8 Å². The minimum absolute atomic E-state index is 0.0584. The monoisotopic (exact) mass is 357 g/mol. The first-order valence-corrected chi connectivity index (χ1v) is 11.4. The zero-order valence-electron chi connectivity index (χ0n) is 13.4. The summed E-state index contributed by atoms with van der Waals surface area (Å²) in [6.07, 6.45) is 4.06. The highest BCUT2D eigenvalue weighted by atomic mass is 32.2. The molecule has 1 unspecified atom stereocenters. The molecule has 0 aromatic heterocycles. The van der Waals surface area contributed by atoms with Crippen LogP contribution in [0.3, 0.4) is 0 Å². The highest BCUT2D eigenvalue weighted by molar-refractivity contribution is 7.92. The molecule has 1 aromatic rings. The molecule has 7 heteroatoms. The fourth-order valence-corrected chi connectivity index (χ4v) is 7.19. The third kappa shape index (κ3) is 3.32. The molecular weight excluding hydrogens is 334 g/mol. The van der Waals surface area contributed by atoms with Gasteiger partial charge in [0.05, 0.1) is 16.4 Å². The second-order valence-electron chi connectivity index (χ2n) is 6.46. The van der Waals surface area contributed by atoms with Crippen molar-refractivity contribution < 1.29 is 16.8 Å². The van der Waals surface area contributed by atoms with Crippen molar-refractivity contribution in [3.05, 3.63) is 29.3 Å². The summed E-state index contributed by atoms with van der Waals surface area (Å²) in [4.78, 5) is 0.302. The summed E-state index contributed by atoms with van der Waals surface area (Å²) in [5, 5.41) is 0. The van der Waals surface area contributed by atoms with Crippen LogP contribution in [0.4, 0.5) is 0 Å². The number of benzene rings is 1. The minimum atomic E-state index is -3.65. The molecular formula is C16H23NO4S2. The van der Waals surface area contributed by atoms with Crippen LogP contribution in [-0.4, -0.2) is 45.2 Å². The van der Waals surface area contributed by atoms with Crippen LogP contribution < -0.4 is 0 Å². The molecule has 1 aromatic carbocycles. The maximum atomic E-state index is 13.1. The van der Waals surface area contributed by atoms with E-state index >= 15 is 0 Å². The summed E-state index contributed by atoms with van der Waals surface area (Å²) in [6, 6.07) is 4.93. The SMILES string of the molecule is CCCN(C1CCS(=O)(=O)C1)S(=O)(=O)c1ccc2c(c1)CCC2. The average molecular weight is 357 g/mol. The molecule has 0 radical (unpaired) electrons. The fourth-order valence-electron chi connectivity index (χ4n) is 3.57. The van der Waals surface area contributed by atoms with Gasteiger partial charge >= 0.3 is 0 Å². The second-order valence-corrected chi connectivity index (χ2v) is 10.6. The Morgan fingerprint density at radius 3 is 2.61 bits per heavy atom. The molecule has 1 aliphatic carbocycles. The summed E-state index contributed by atoms with van der Waals surface area (Å²) in [5.41, 5.74) is 2.34. The van der Waals surface area contributed by atoms with Gasteiger partial charge in [0.15, 0.2) is 9.84 Å². The van der Waals surface area contributed by atoms with E-state index in [1.165, 1.54) is 9.87 Å². The van der Waals surface area contributed by atoms with Gasteiger partial charge in [0.25, 0.3) is 0 Å². The molecule has 0 N–H and O–H groups in total. The molecule has 1 fully saturated rings. The first kappa shape index (κ1) is 16.9. The van der Waals surface area contributed by atoms with Gasteiger partial charge in [-0.1, -0.05) is 13.0 Å². The highest BCUT2D eigenvalue weighted by Crippen LogP contribution is 2.29. The topological polar surface area (TPSA) is 71.5 Å². The number of aryl methyl sites for hydroxylation is 2. The maximum absolute atomic E-state index is 13.1. The number of fused-ring (bicyclic) bond motifs is 1. The highest BCUT2D eigenvalue weighted by Gasteiger charge is 2.38. The van der Waals surface area contributed by atoms with Gasteiger partial charge < -0.3 is 0 Å². The van der Waals surface area contributed by atoms with Crippen LogP contribution in [0.25, 0.3) is 0 Å².